The van der Waals surface area contributed by atoms with Gasteiger partial charge in [0, 0.05) is 5.39 Å². The Kier molecular flexibility index (Phi) is 2.18. The molecule has 0 atom stereocenters. The number of rotatable bonds is 0. The molecule has 1 heteroatoms. The van der Waals surface area contributed by atoms with Crippen molar-refractivity contribution in [2.45, 2.75) is 27.7 Å². The largest absolute Gasteiger partial charge is 0.507 e. The van der Waals surface area contributed by atoms with E-state index in [1.807, 2.05) is 13.0 Å². The van der Waals surface area contributed by atoms with Gasteiger partial charge in [-0.15, -0.1) is 0 Å². The zero-order valence-corrected chi connectivity index (χ0v) is 9.68. The van der Waals surface area contributed by atoms with Crippen LogP contribution >= 0.6 is 0 Å². The van der Waals surface area contributed by atoms with Crippen LogP contribution in [0.5, 0.6) is 5.75 Å². The predicted octanol–water partition coefficient (Wildman–Crippen LogP) is 3.78. The molecule has 0 saturated heterocycles. The second kappa shape index (κ2) is 3.27. The fraction of sp³-hybridized carbons (Fsp3) is 0.286. The molecule has 2 aromatic rings. The van der Waals surface area contributed by atoms with Crippen LogP contribution in [0.2, 0.25) is 0 Å². The lowest BCUT2D eigenvalue weighted by Crippen LogP contribution is -1.89. The summed E-state index contributed by atoms with van der Waals surface area (Å²) in [4.78, 5) is 0. The molecule has 0 spiro atoms. The van der Waals surface area contributed by atoms with Crippen molar-refractivity contribution in [3.63, 3.8) is 0 Å². The second-order valence-electron chi connectivity index (χ2n) is 4.29. The van der Waals surface area contributed by atoms with Gasteiger partial charge in [-0.2, -0.15) is 0 Å². The molecule has 0 saturated carbocycles. The SMILES string of the molecule is Cc1cc(C)c2ccc(C)c(O)c2c1C. The Morgan fingerprint density at radius 1 is 0.867 bits per heavy atom. The molecule has 0 aliphatic rings. The minimum absolute atomic E-state index is 0.428. The summed E-state index contributed by atoms with van der Waals surface area (Å²) < 4.78 is 0. The standard InChI is InChI=1S/C14H16O/c1-8-5-6-12-10(3)7-9(2)11(4)13(12)14(8)15/h5-7,15H,1-4H3. The molecule has 0 aromatic heterocycles. The summed E-state index contributed by atoms with van der Waals surface area (Å²) in [7, 11) is 0. The van der Waals surface area contributed by atoms with E-state index in [0.29, 0.717) is 5.75 Å². The average molecular weight is 200 g/mol. The lowest BCUT2D eigenvalue weighted by atomic mass is 9.94. The first-order valence-electron chi connectivity index (χ1n) is 5.21. The summed E-state index contributed by atoms with van der Waals surface area (Å²) in [5.74, 6) is 0.428. The molecule has 15 heavy (non-hydrogen) atoms. The van der Waals surface area contributed by atoms with Gasteiger partial charge in [0.1, 0.15) is 5.75 Å². The highest BCUT2D eigenvalue weighted by molar-refractivity contribution is 5.95. The van der Waals surface area contributed by atoms with E-state index in [-0.39, 0.29) is 0 Å². The molecule has 0 bridgehead atoms. The van der Waals surface area contributed by atoms with E-state index in [4.69, 9.17) is 0 Å². The van der Waals surface area contributed by atoms with Gasteiger partial charge in [-0.05, 0) is 55.3 Å². The molecule has 0 fully saturated rings. The molecule has 0 aliphatic heterocycles. The van der Waals surface area contributed by atoms with Gasteiger partial charge < -0.3 is 5.11 Å². The van der Waals surface area contributed by atoms with Crippen LogP contribution in [0.25, 0.3) is 10.8 Å². The first-order chi connectivity index (χ1) is 7.02. The predicted molar refractivity (Wildman–Crippen MR) is 64.6 cm³/mol. The van der Waals surface area contributed by atoms with Gasteiger partial charge in [0.15, 0.2) is 0 Å². The molecule has 1 nitrogen and oxygen atoms in total. The Balaban J connectivity index is 3.04. The maximum Gasteiger partial charge on any atom is 0.126 e. The van der Waals surface area contributed by atoms with Crippen LogP contribution in [0.15, 0.2) is 18.2 Å². The molecule has 2 rings (SSSR count). The fourth-order valence-corrected chi connectivity index (χ4v) is 2.11. The van der Waals surface area contributed by atoms with Gasteiger partial charge in [-0.3, -0.25) is 0 Å². The molecule has 0 aliphatic carbocycles. The van der Waals surface area contributed by atoms with Gasteiger partial charge in [0.25, 0.3) is 0 Å². The van der Waals surface area contributed by atoms with E-state index in [9.17, 15) is 5.11 Å². The average Bonchev–Trinajstić information content (AvgIpc) is 2.19. The zero-order chi connectivity index (χ0) is 11.2. The number of hydrogen-bond acceptors (Lipinski definition) is 1. The lowest BCUT2D eigenvalue weighted by molar-refractivity contribution is 0.477. The number of aryl methyl sites for hydroxylation is 4. The summed E-state index contributed by atoms with van der Waals surface area (Å²) in [6.45, 7) is 8.18. The molecule has 78 valence electrons. The molecule has 1 N–H and O–H groups in total. The maximum absolute atomic E-state index is 10.1. The Labute approximate surface area is 90.4 Å². The van der Waals surface area contributed by atoms with Crippen LogP contribution in [0.1, 0.15) is 22.3 Å². The summed E-state index contributed by atoms with van der Waals surface area (Å²) in [6, 6.07) is 6.23. The quantitative estimate of drug-likeness (QED) is 0.686. The van der Waals surface area contributed by atoms with E-state index >= 15 is 0 Å². The number of phenols is 1. The normalized spacial score (nSPS) is 10.9. The van der Waals surface area contributed by atoms with Crippen molar-refractivity contribution in [2.75, 3.05) is 0 Å². The molecule has 0 unspecified atom stereocenters. The zero-order valence-electron chi connectivity index (χ0n) is 9.68. The third kappa shape index (κ3) is 1.39. The first kappa shape index (κ1) is 10.0. The number of aromatic hydroxyl groups is 1. The molecule has 0 radical (unpaired) electrons. The van der Waals surface area contributed by atoms with E-state index in [1.54, 1.807) is 0 Å². The minimum atomic E-state index is 0.428. The highest BCUT2D eigenvalue weighted by Crippen LogP contribution is 2.34. The summed E-state index contributed by atoms with van der Waals surface area (Å²) in [5.41, 5.74) is 4.58. The Morgan fingerprint density at radius 3 is 2.20 bits per heavy atom. The van der Waals surface area contributed by atoms with Gasteiger partial charge in [0.05, 0.1) is 0 Å². The van der Waals surface area contributed by atoms with Crippen molar-refractivity contribution in [3.05, 3.63) is 40.5 Å². The van der Waals surface area contributed by atoms with Crippen LogP contribution in [0.4, 0.5) is 0 Å². The van der Waals surface area contributed by atoms with E-state index in [2.05, 4.69) is 32.9 Å². The number of fused-ring (bicyclic) bond motifs is 1. The molecule has 0 amide bonds. The van der Waals surface area contributed by atoms with Crippen LogP contribution in [0, 0.1) is 27.7 Å². The first-order valence-corrected chi connectivity index (χ1v) is 5.21. The third-order valence-corrected chi connectivity index (χ3v) is 3.20. The lowest BCUT2D eigenvalue weighted by Gasteiger charge is -2.12. The maximum atomic E-state index is 10.1. The molecule has 0 heterocycles. The van der Waals surface area contributed by atoms with Crippen molar-refractivity contribution >= 4 is 10.8 Å². The van der Waals surface area contributed by atoms with Crippen LogP contribution < -0.4 is 0 Å². The van der Waals surface area contributed by atoms with Gasteiger partial charge in [-0.1, -0.05) is 18.2 Å². The van der Waals surface area contributed by atoms with Crippen LogP contribution in [0.3, 0.4) is 0 Å². The second-order valence-corrected chi connectivity index (χ2v) is 4.29. The number of hydrogen-bond donors (Lipinski definition) is 1. The number of benzene rings is 2. The van der Waals surface area contributed by atoms with Crippen LogP contribution in [-0.2, 0) is 0 Å². The van der Waals surface area contributed by atoms with Crippen molar-refractivity contribution in [3.8, 4) is 5.75 Å². The summed E-state index contributed by atoms with van der Waals surface area (Å²) in [5, 5.41) is 12.2. The Bertz CT molecular complexity index is 531. The summed E-state index contributed by atoms with van der Waals surface area (Å²) in [6.07, 6.45) is 0. The van der Waals surface area contributed by atoms with Crippen molar-refractivity contribution in [1.82, 2.24) is 0 Å². The van der Waals surface area contributed by atoms with Gasteiger partial charge in [-0.25, -0.2) is 0 Å². The van der Waals surface area contributed by atoms with Crippen molar-refractivity contribution in [1.29, 1.82) is 0 Å². The van der Waals surface area contributed by atoms with Gasteiger partial charge >= 0.3 is 0 Å². The minimum Gasteiger partial charge on any atom is -0.507 e. The topological polar surface area (TPSA) is 20.2 Å². The molecule has 2 aromatic carbocycles. The van der Waals surface area contributed by atoms with E-state index in [1.165, 1.54) is 16.7 Å². The fourth-order valence-electron chi connectivity index (χ4n) is 2.11. The monoisotopic (exact) mass is 200 g/mol. The van der Waals surface area contributed by atoms with Crippen LogP contribution in [-0.4, -0.2) is 5.11 Å². The number of phenolic OH excluding ortho intramolecular Hbond substituents is 1. The molecular formula is C14H16O. The Morgan fingerprint density at radius 2 is 1.53 bits per heavy atom. The Hall–Kier alpha value is -1.50. The highest BCUT2D eigenvalue weighted by Gasteiger charge is 2.09. The van der Waals surface area contributed by atoms with Crippen molar-refractivity contribution < 1.29 is 5.11 Å². The third-order valence-electron chi connectivity index (χ3n) is 3.20. The smallest absolute Gasteiger partial charge is 0.126 e. The summed E-state index contributed by atoms with van der Waals surface area (Å²) >= 11 is 0. The van der Waals surface area contributed by atoms with E-state index in [0.717, 1.165) is 16.3 Å². The molecular weight excluding hydrogens is 184 g/mol. The van der Waals surface area contributed by atoms with Crippen molar-refractivity contribution in [2.24, 2.45) is 0 Å². The van der Waals surface area contributed by atoms with E-state index < -0.39 is 0 Å². The van der Waals surface area contributed by atoms with Gasteiger partial charge in [0.2, 0.25) is 0 Å². The highest BCUT2D eigenvalue weighted by atomic mass is 16.3.